The Morgan fingerprint density at radius 3 is 2.32 bits per heavy atom. The van der Waals surface area contributed by atoms with Crippen molar-refractivity contribution in [3.8, 4) is 0 Å². The van der Waals surface area contributed by atoms with Gasteiger partial charge < -0.3 is 5.32 Å². The second kappa shape index (κ2) is 6.48. The first kappa shape index (κ1) is 13.8. The van der Waals surface area contributed by atoms with E-state index < -0.39 is 0 Å². The van der Waals surface area contributed by atoms with Crippen LogP contribution in [0.2, 0.25) is 0 Å². The van der Waals surface area contributed by atoms with Crippen molar-refractivity contribution in [1.82, 2.24) is 10.3 Å². The van der Waals surface area contributed by atoms with E-state index in [0.29, 0.717) is 5.92 Å². The molecule has 1 unspecified atom stereocenters. The first-order valence-corrected chi connectivity index (χ1v) is 6.86. The zero-order valence-electron chi connectivity index (χ0n) is 11.9. The Morgan fingerprint density at radius 1 is 1.05 bits per heavy atom. The topological polar surface area (TPSA) is 24.9 Å². The molecule has 100 valence electrons. The molecule has 19 heavy (non-hydrogen) atoms. The van der Waals surface area contributed by atoms with Crippen molar-refractivity contribution < 1.29 is 0 Å². The third-order valence-electron chi connectivity index (χ3n) is 3.26. The molecule has 0 fully saturated rings. The van der Waals surface area contributed by atoms with Crippen LogP contribution in [-0.2, 0) is 6.42 Å². The van der Waals surface area contributed by atoms with Crippen molar-refractivity contribution in [2.75, 3.05) is 7.05 Å². The summed E-state index contributed by atoms with van der Waals surface area (Å²) < 4.78 is 0. The minimum absolute atomic E-state index is 0.210. The molecule has 1 N–H and O–H groups in total. The van der Waals surface area contributed by atoms with Crippen LogP contribution < -0.4 is 5.32 Å². The van der Waals surface area contributed by atoms with E-state index >= 15 is 0 Å². The van der Waals surface area contributed by atoms with E-state index in [0.717, 1.165) is 6.42 Å². The van der Waals surface area contributed by atoms with Crippen LogP contribution in [-0.4, -0.2) is 12.0 Å². The zero-order valence-corrected chi connectivity index (χ0v) is 11.9. The van der Waals surface area contributed by atoms with Crippen molar-refractivity contribution in [3.05, 3.63) is 65.5 Å². The quantitative estimate of drug-likeness (QED) is 0.882. The molecule has 0 aliphatic rings. The number of hydrogen-bond donors (Lipinski definition) is 1. The summed E-state index contributed by atoms with van der Waals surface area (Å²) in [5.41, 5.74) is 3.88. The Bertz CT molecular complexity index is 488. The highest BCUT2D eigenvalue weighted by molar-refractivity contribution is 5.32. The maximum atomic E-state index is 4.20. The lowest BCUT2D eigenvalue weighted by Gasteiger charge is -2.17. The summed E-state index contributed by atoms with van der Waals surface area (Å²) in [6, 6.07) is 13.2. The molecule has 0 saturated heterocycles. The summed E-state index contributed by atoms with van der Waals surface area (Å²) in [5, 5.41) is 3.35. The normalized spacial score (nSPS) is 12.6. The van der Waals surface area contributed by atoms with Gasteiger partial charge in [0.25, 0.3) is 0 Å². The Labute approximate surface area is 115 Å². The van der Waals surface area contributed by atoms with Crippen LogP contribution in [0.1, 0.15) is 36.6 Å². The van der Waals surface area contributed by atoms with Crippen LogP contribution in [0, 0.1) is 5.92 Å². The Hall–Kier alpha value is -1.67. The van der Waals surface area contributed by atoms with Crippen molar-refractivity contribution in [3.63, 3.8) is 0 Å². The van der Waals surface area contributed by atoms with E-state index in [1.165, 1.54) is 16.7 Å². The van der Waals surface area contributed by atoms with Crippen LogP contribution in [0.3, 0.4) is 0 Å². The lowest BCUT2D eigenvalue weighted by Crippen LogP contribution is -2.17. The second-order valence-electron chi connectivity index (χ2n) is 5.35. The van der Waals surface area contributed by atoms with E-state index in [1.54, 1.807) is 0 Å². The average Bonchev–Trinajstić information content (AvgIpc) is 2.42. The summed E-state index contributed by atoms with van der Waals surface area (Å²) in [7, 11) is 1.99. The van der Waals surface area contributed by atoms with Crippen molar-refractivity contribution in [1.29, 1.82) is 0 Å². The molecule has 2 heteroatoms. The van der Waals surface area contributed by atoms with Crippen molar-refractivity contribution >= 4 is 0 Å². The van der Waals surface area contributed by atoms with Gasteiger partial charge in [0.1, 0.15) is 0 Å². The Morgan fingerprint density at radius 2 is 1.79 bits per heavy atom. The lowest BCUT2D eigenvalue weighted by molar-refractivity contribution is 0.645. The third-order valence-corrected chi connectivity index (χ3v) is 3.26. The molecule has 0 radical (unpaired) electrons. The monoisotopic (exact) mass is 254 g/mol. The highest BCUT2D eigenvalue weighted by atomic mass is 14.9. The summed E-state index contributed by atoms with van der Waals surface area (Å²) >= 11 is 0. The van der Waals surface area contributed by atoms with E-state index in [2.05, 4.69) is 54.5 Å². The Balaban J connectivity index is 2.20. The van der Waals surface area contributed by atoms with Crippen LogP contribution >= 0.6 is 0 Å². The first-order valence-electron chi connectivity index (χ1n) is 6.86. The molecule has 1 heterocycles. The molecule has 1 aromatic carbocycles. The predicted octanol–water partition coefficient (Wildman–Crippen LogP) is 3.59. The van der Waals surface area contributed by atoms with Gasteiger partial charge in [0.05, 0.1) is 6.04 Å². The second-order valence-corrected chi connectivity index (χ2v) is 5.35. The van der Waals surface area contributed by atoms with Gasteiger partial charge in [0, 0.05) is 12.4 Å². The smallest absolute Gasteiger partial charge is 0.0589 e. The van der Waals surface area contributed by atoms with Gasteiger partial charge in [0.2, 0.25) is 0 Å². The summed E-state index contributed by atoms with van der Waals surface area (Å²) in [6.45, 7) is 4.50. The van der Waals surface area contributed by atoms with Gasteiger partial charge >= 0.3 is 0 Å². The fourth-order valence-corrected chi connectivity index (χ4v) is 2.39. The van der Waals surface area contributed by atoms with Gasteiger partial charge in [-0.1, -0.05) is 44.2 Å². The molecule has 0 saturated carbocycles. The van der Waals surface area contributed by atoms with Crippen molar-refractivity contribution in [2.45, 2.75) is 26.3 Å². The Kier molecular flexibility index (Phi) is 4.69. The van der Waals surface area contributed by atoms with Gasteiger partial charge in [-0.15, -0.1) is 0 Å². The van der Waals surface area contributed by atoms with E-state index in [1.807, 2.05) is 25.5 Å². The number of pyridine rings is 1. The van der Waals surface area contributed by atoms with Crippen LogP contribution in [0.25, 0.3) is 0 Å². The van der Waals surface area contributed by atoms with E-state index in [-0.39, 0.29) is 6.04 Å². The molecule has 0 amide bonds. The van der Waals surface area contributed by atoms with Crippen LogP contribution in [0.5, 0.6) is 0 Å². The highest BCUT2D eigenvalue weighted by Crippen LogP contribution is 2.21. The van der Waals surface area contributed by atoms with Gasteiger partial charge in [-0.25, -0.2) is 0 Å². The number of rotatable bonds is 5. The van der Waals surface area contributed by atoms with Gasteiger partial charge in [0.15, 0.2) is 0 Å². The molecule has 0 aliphatic heterocycles. The maximum absolute atomic E-state index is 4.20. The number of nitrogens with zero attached hydrogens (tertiary/aromatic N) is 1. The fourth-order valence-electron chi connectivity index (χ4n) is 2.39. The molecular formula is C17H22N2. The predicted molar refractivity (Wildman–Crippen MR) is 80.1 cm³/mol. The first-order chi connectivity index (χ1) is 9.20. The van der Waals surface area contributed by atoms with Crippen LogP contribution in [0.4, 0.5) is 0 Å². The molecule has 1 aromatic heterocycles. The number of hydrogen-bond acceptors (Lipinski definition) is 2. The van der Waals surface area contributed by atoms with E-state index in [4.69, 9.17) is 0 Å². The standard InChI is InChI=1S/C17H22N2/c1-13(2)11-14-6-8-15(9-7-14)17(18-3)16-5-4-10-19-12-16/h4-10,12-13,17-18H,11H2,1-3H3. The molecular weight excluding hydrogens is 232 g/mol. The van der Waals surface area contributed by atoms with E-state index in [9.17, 15) is 0 Å². The minimum atomic E-state index is 0.210. The fraction of sp³-hybridized carbons (Fsp3) is 0.353. The lowest BCUT2D eigenvalue weighted by atomic mass is 9.96. The number of nitrogens with one attached hydrogen (secondary N) is 1. The third kappa shape index (κ3) is 3.65. The molecule has 2 aromatic rings. The van der Waals surface area contributed by atoms with Crippen molar-refractivity contribution in [2.24, 2.45) is 5.92 Å². The number of aromatic nitrogens is 1. The average molecular weight is 254 g/mol. The minimum Gasteiger partial charge on any atom is -0.309 e. The van der Waals surface area contributed by atoms with Gasteiger partial charge in [-0.2, -0.15) is 0 Å². The maximum Gasteiger partial charge on any atom is 0.0589 e. The number of benzene rings is 1. The summed E-state index contributed by atoms with van der Waals surface area (Å²) in [6.07, 6.45) is 4.86. The molecule has 0 bridgehead atoms. The zero-order chi connectivity index (χ0) is 13.7. The van der Waals surface area contributed by atoms with Gasteiger partial charge in [-0.3, -0.25) is 4.98 Å². The molecule has 1 atom stereocenters. The molecule has 0 aliphatic carbocycles. The molecule has 2 nitrogen and oxygen atoms in total. The SMILES string of the molecule is CNC(c1ccc(CC(C)C)cc1)c1cccnc1. The molecule has 0 spiro atoms. The summed E-state index contributed by atoms with van der Waals surface area (Å²) in [4.78, 5) is 4.20. The molecule has 2 rings (SSSR count). The van der Waals surface area contributed by atoms with Gasteiger partial charge in [-0.05, 0) is 42.1 Å². The highest BCUT2D eigenvalue weighted by Gasteiger charge is 2.11. The largest absolute Gasteiger partial charge is 0.309 e. The summed E-state index contributed by atoms with van der Waals surface area (Å²) in [5.74, 6) is 0.698. The van der Waals surface area contributed by atoms with Crippen LogP contribution in [0.15, 0.2) is 48.8 Å².